The molecule has 0 amide bonds. The van der Waals surface area contributed by atoms with E-state index < -0.39 is 21.7 Å². The van der Waals surface area contributed by atoms with Gasteiger partial charge in [-0.05, 0) is 43.0 Å². The van der Waals surface area contributed by atoms with Crippen LogP contribution in [-0.4, -0.2) is 37.6 Å². The largest absolute Gasteiger partial charge is 0.494 e. The zero-order chi connectivity index (χ0) is 15.5. The smallest absolute Gasteiger partial charge is 0.306 e. The van der Waals surface area contributed by atoms with Crippen LogP contribution in [0, 0.1) is 11.8 Å². The summed E-state index contributed by atoms with van der Waals surface area (Å²) in [6, 6.07) is 7.26. The molecule has 0 bridgehead atoms. The van der Waals surface area contributed by atoms with Gasteiger partial charge in [0.25, 0.3) is 0 Å². The number of hydrogen-bond acceptors (Lipinski definition) is 4. The Bertz CT molecular complexity index is 596. The van der Waals surface area contributed by atoms with E-state index in [2.05, 4.69) is 15.9 Å². The molecule has 2 rings (SSSR count). The van der Waals surface area contributed by atoms with Gasteiger partial charge in [-0.25, -0.2) is 8.42 Å². The molecule has 0 spiro atoms. The summed E-state index contributed by atoms with van der Waals surface area (Å²) in [6.45, 7) is 0.259. The first kappa shape index (κ1) is 16.3. The Labute approximate surface area is 132 Å². The van der Waals surface area contributed by atoms with E-state index in [4.69, 9.17) is 4.74 Å². The highest BCUT2D eigenvalue weighted by Gasteiger charge is 2.37. The van der Waals surface area contributed by atoms with E-state index in [9.17, 15) is 18.3 Å². The number of carboxylic acid groups (broad SMARTS) is 1. The number of carboxylic acids is 1. The number of ether oxygens (including phenoxy) is 1. The normalized spacial score (nSPS) is 21.9. The third-order valence-electron chi connectivity index (χ3n) is 3.67. The fraction of sp³-hybridized carbons (Fsp3) is 0.500. The first-order valence-electron chi connectivity index (χ1n) is 6.69. The molecule has 2 unspecified atom stereocenters. The molecule has 1 aromatic rings. The second kappa shape index (κ2) is 6.79. The molecule has 21 heavy (non-hydrogen) atoms. The predicted molar refractivity (Wildman–Crippen MR) is 82.1 cm³/mol. The maximum atomic E-state index is 11.5. The van der Waals surface area contributed by atoms with Crippen LogP contribution in [0.5, 0.6) is 5.75 Å². The topological polar surface area (TPSA) is 80.7 Å². The van der Waals surface area contributed by atoms with Gasteiger partial charge in [-0.15, -0.1) is 0 Å². The molecule has 0 radical (unpaired) electrons. The Morgan fingerprint density at radius 3 is 2.57 bits per heavy atom. The van der Waals surface area contributed by atoms with Crippen LogP contribution >= 0.6 is 15.9 Å². The van der Waals surface area contributed by atoms with Crippen molar-refractivity contribution in [1.82, 2.24) is 0 Å². The monoisotopic (exact) mass is 376 g/mol. The summed E-state index contributed by atoms with van der Waals surface area (Å²) in [5, 5.41) is 9.28. The summed E-state index contributed by atoms with van der Waals surface area (Å²) in [7, 11) is -3.07. The van der Waals surface area contributed by atoms with E-state index >= 15 is 0 Å². The molecular weight excluding hydrogens is 360 g/mol. The Balaban J connectivity index is 1.89. The molecule has 1 aromatic carbocycles. The number of carbonyl (C=O) groups is 1. The minimum atomic E-state index is -3.07. The second-order valence-corrected chi connectivity index (χ2v) is 8.34. The number of sulfone groups is 1. The highest BCUT2D eigenvalue weighted by Crippen LogP contribution is 2.28. The van der Waals surface area contributed by atoms with Crippen molar-refractivity contribution in [3.05, 3.63) is 28.7 Å². The molecular formula is C14H17BrO5S. The lowest BCUT2D eigenvalue weighted by atomic mass is 9.89. The zero-order valence-electron chi connectivity index (χ0n) is 11.4. The number of benzene rings is 1. The van der Waals surface area contributed by atoms with Crippen LogP contribution in [0.2, 0.25) is 0 Å². The lowest BCUT2D eigenvalue weighted by Gasteiger charge is -2.18. The van der Waals surface area contributed by atoms with Crippen LogP contribution in [0.1, 0.15) is 12.8 Å². The standard InChI is InChI=1S/C14H17BrO5S/c15-11-1-3-12(4-2-11)20-7-5-13(14(16)17)10-6-8-21(18,19)9-10/h1-4,10,13H,5-9H2,(H,16,17). The van der Waals surface area contributed by atoms with Crippen LogP contribution in [-0.2, 0) is 14.6 Å². The molecule has 5 nitrogen and oxygen atoms in total. The number of hydrogen-bond donors (Lipinski definition) is 1. The Kier molecular flexibility index (Phi) is 5.27. The van der Waals surface area contributed by atoms with Gasteiger partial charge in [0.05, 0.1) is 24.0 Å². The van der Waals surface area contributed by atoms with E-state index in [0.29, 0.717) is 18.6 Å². The molecule has 0 aliphatic carbocycles. The molecule has 0 aromatic heterocycles. The molecule has 2 atom stereocenters. The highest BCUT2D eigenvalue weighted by atomic mass is 79.9. The molecule has 0 saturated carbocycles. The van der Waals surface area contributed by atoms with Crippen molar-refractivity contribution in [2.24, 2.45) is 11.8 Å². The van der Waals surface area contributed by atoms with Crippen molar-refractivity contribution < 1.29 is 23.1 Å². The molecule has 1 saturated heterocycles. The third-order valence-corrected chi connectivity index (χ3v) is 5.99. The number of rotatable bonds is 6. The fourth-order valence-corrected chi connectivity index (χ4v) is 4.68. The summed E-state index contributed by atoms with van der Waals surface area (Å²) >= 11 is 3.32. The average Bonchev–Trinajstić information content (AvgIpc) is 2.76. The fourth-order valence-electron chi connectivity index (χ4n) is 2.54. The van der Waals surface area contributed by atoms with Gasteiger partial charge in [0.2, 0.25) is 0 Å². The van der Waals surface area contributed by atoms with Crippen molar-refractivity contribution in [2.75, 3.05) is 18.1 Å². The molecule has 1 N–H and O–H groups in total. The first-order valence-corrected chi connectivity index (χ1v) is 9.30. The highest BCUT2D eigenvalue weighted by molar-refractivity contribution is 9.10. The maximum Gasteiger partial charge on any atom is 0.306 e. The van der Waals surface area contributed by atoms with Crippen LogP contribution in [0.3, 0.4) is 0 Å². The van der Waals surface area contributed by atoms with Crippen molar-refractivity contribution in [3.63, 3.8) is 0 Å². The first-order chi connectivity index (χ1) is 9.87. The summed E-state index contributed by atoms with van der Waals surface area (Å²) < 4.78 is 29.4. The van der Waals surface area contributed by atoms with Crippen molar-refractivity contribution in [2.45, 2.75) is 12.8 Å². The molecule has 1 fully saturated rings. The van der Waals surface area contributed by atoms with Crippen LogP contribution in [0.4, 0.5) is 0 Å². The van der Waals surface area contributed by atoms with Gasteiger partial charge >= 0.3 is 5.97 Å². The van der Waals surface area contributed by atoms with Gasteiger partial charge < -0.3 is 9.84 Å². The van der Waals surface area contributed by atoms with E-state index in [1.54, 1.807) is 12.1 Å². The van der Waals surface area contributed by atoms with Crippen LogP contribution in [0.15, 0.2) is 28.7 Å². The second-order valence-electron chi connectivity index (χ2n) is 5.20. The minimum Gasteiger partial charge on any atom is -0.494 e. The molecule has 7 heteroatoms. The minimum absolute atomic E-state index is 0.0255. The van der Waals surface area contributed by atoms with E-state index in [1.807, 2.05) is 12.1 Å². The Morgan fingerprint density at radius 1 is 1.38 bits per heavy atom. The van der Waals surface area contributed by atoms with E-state index in [1.165, 1.54) is 0 Å². The lowest BCUT2D eigenvalue weighted by Crippen LogP contribution is -2.26. The van der Waals surface area contributed by atoms with Crippen molar-refractivity contribution >= 4 is 31.7 Å². The summed E-state index contributed by atoms with van der Waals surface area (Å²) in [5.74, 6) is -1.19. The van der Waals surface area contributed by atoms with Crippen molar-refractivity contribution in [3.8, 4) is 5.75 Å². The Morgan fingerprint density at radius 2 is 2.05 bits per heavy atom. The average molecular weight is 377 g/mol. The number of halogens is 1. The SMILES string of the molecule is O=C(O)C(CCOc1ccc(Br)cc1)C1CCS(=O)(=O)C1. The van der Waals surface area contributed by atoms with E-state index in [0.717, 1.165) is 4.47 Å². The zero-order valence-corrected chi connectivity index (χ0v) is 13.8. The summed E-state index contributed by atoms with van der Waals surface area (Å²) in [6.07, 6.45) is 0.739. The van der Waals surface area contributed by atoms with Crippen LogP contribution in [0.25, 0.3) is 0 Å². The predicted octanol–water partition coefficient (Wildman–Crippen LogP) is 2.35. The van der Waals surface area contributed by atoms with Gasteiger partial charge in [0, 0.05) is 4.47 Å². The maximum absolute atomic E-state index is 11.5. The summed E-state index contributed by atoms with van der Waals surface area (Å²) in [4.78, 5) is 11.3. The van der Waals surface area contributed by atoms with Gasteiger partial charge in [0.1, 0.15) is 5.75 Å². The molecule has 1 aliphatic rings. The van der Waals surface area contributed by atoms with Gasteiger partial charge in [-0.3, -0.25) is 4.79 Å². The van der Waals surface area contributed by atoms with Crippen LogP contribution < -0.4 is 4.74 Å². The lowest BCUT2D eigenvalue weighted by molar-refractivity contribution is -0.143. The van der Waals surface area contributed by atoms with Gasteiger partial charge in [0.15, 0.2) is 9.84 Å². The molecule has 116 valence electrons. The Hall–Kier alpha value is -1.08. The molecule has 1 aliphatic heterocycles. The number of aliphatic carboxylic acids is 1. The molecule has 1 heterocycles. The van der Waals surface area contributed by atoms with E-state index in [-0.39, 0.29) is 24.0 Å². The quantitative estimate of drug-likeness (QED) is 0.823. The van der Waals surface area contributed by atoms with Gasteiger partial charge in [-0.2, -0.15) is 0 Å². The van der Waals surface area contributed by atoms with Gasteiger partial charge in [-0.1, -0.05) is 15.9 Å². The third kappa shape index (κ3) is 4.71. The summed E-state index contributed by atoms with van der Waals surface area (Å²) in [5.41, 5.74) is 0. The van der Waals surface area contributed by atoms with Crippen molar-refractivity contribution in [1.29, 1.82) is 0 Å².